The first-order valence-corrected chi connectivity index (χ1v) is 9.26. The number of fused-ring (bicyclic) bond motifs is 1. The normalized spacial score (nSPS) is 26.0. The number of amides is 2. The number of para-hydroxylation sites is 3. The van der Waals surface area contributed by atoms with Crippen LogP contribution in [-0.4, -0.2) is 38.5 Å². The number of anilines is 1. The number of benzene rings is 2. The summed E-state index contributed by atoms with van der Waals surface area (Å²) in [6.07, 6.45) is 1.17. The maximum atomic E-state index is 12.6. The van der Waals surface area contributed by atoms with Crippen LogP contribution in [0.5, 0.6) is 11.5 Å². The summed E-state index contributed by atoms with van der Waals surface area (Å²) in [5, 5.41) is 6.01. The van der Waals surface area contributed by atoms with Crippen molar-refractivity contribution in [2.75, 3.05) is 25.6 Å². The van der Waals surface area contributed by atoms with Gasteiger partial charge in [-0.1, -0.05) is 30.3 Å². The van der Waals surface area contributed by atoms with Gasteiger partial charge in [0.15, 0.2) is 5.75 Å². The Morgan fingerprint density at radius 2 is 1.93 bits per heavy atom. The Hall–Kier alpha value is -2.57. The second kappa shape index (κ2) is 7.98. The van der Waals surface area contributed by atoms with Gasteiger partial charge in [0, 0.05) is 31.6 Å². The second-order valence-electron chi connectivity index (χ2n) is 6.94. The van der Waals surface area contributed by atoms with E-state index < -0.39 is 0 Å². The van der Waals surface area contributed by atoms with Gasteiger partial charge in [0.1, 0.15) is 5.75 Å². The molecule has 2 fully saturated rings. The van der Waals surface area contributed by atoms with E-state index in [0.29, 0.717) is 24.0 Å². The molecule has 4 atom stereocenters. The van der Waals surface area contributed by atoms with Crippen molar-refractivity contribution >= 4 is 11.7 Å². The minimum Gasteiger partial charge on any atom is -0.455 e. The fraction of sp³-hybridized carbons (Fsp3) is 0.381. The molecule has 0 spiro atoms. The molecule has 1 aliphatic heterocycles. The number of carbonyl (C=O) groups is 1. The van der Waals surface area contributed by atoms with Crippen molar-refractivity contribution < 1.29 is 19.0 Å². The van der Waals surface area contributed by atoms with E-state index in [-0.39, 0.29) is 24.1 Å². The van der Waals surface area contributed by atoms with Crippen molar-refractivity contribution in [3.05, 3.63) is 54.6 Å². The quantitative estimate of drug-likeness (QED) is 0.817. The van der Waals surface area contributed by atoms with Crippen LogP contribution in [0.25, 0.3) is 0 Å². The van der Waals surface area contributed by atoms with Crippen molar-refractivity contribution in [3.8, 4) is 11.5 Å². The van der Waals surface area contributed by atoms with E-state index in [2.05, 4.69) is 10.6 Å². The predicted octanol–water partition coefficient (Wildman–Crippen LogP) is 3.65. The maximum absolute atomic E-state index is 12.6. The zero-order chi connectivity index (χ0) is 18.6. The van der Waals surface area contributed by atoms with Crippen LogP contribution in [0.4, 0.5) is 10.5 Å². The highest BCUT2D eigenvalue weighted by molar-refractivity contribution is 5.91. The van der Waals surface area contributed by atoms with Crippen LogP contribution in [0.3, 0.4) is 0 Å². The Morgan fingerprint density at radius 1 is 1.15 bits per heavy atom. The number of urea groups is 1. The number of nitrogens with one attached hydrogen (secondary N) is 2. The largest absolute Gasteiger partial charge is 0.455 e. The molecular formula is C21H24N2O4. The van der Waals surface area contributed by atoms with Crippen LogP contribution < -0.4 is 15.4 Å². The van der Waals surface area contributed by atoms with Crippen molar-refractivity contribution in [2.45, 2.75) is 18.6 Å². The Balaban J connectivity index is 1.41. The molecule has 6 heteroatoms. The minimum atomic E-state index is -0.240. The van der Waals surface area contributed by atoms with E-state index in [4.69, 9.17) is 14.2 Å². The van der Waals surface area contributed by atoms with Gasteiger partial charge in [-0.05, 0) is 30.7 Å². The lowest BCUT2D eigenvalue weighted by Gasteiger charge is -2.47. The first kappa shape index (κ1) is 17.8. The summed E-state index contributed by atoms with van der Waals surface area (Å²) in [6.45, 7) is 1.34. The number of hydrogen-bond acceptors (Lipinski definition) is 4. The Morgan fingerprint density at radius 3 is 2.74 bits per heavy atom. The number of carbonyl (C=O) groups excluding carboxylic acids is 1. The second-order valence-corrected chi connectivity index (χ2v) is 6.94. The molecule has 27 heavy (non-hydrogen) atoms. The lowest BCUT2D eigenvalue weighted by molar-refractivity contribution is -0.0798. The fourth-order valence-electron chi connectivity index (χ4n) is 4.02. The third kappa shape index (κ3) is 3.77. The van der Waals surface area contributed by atoms with Gasteiger partial charge in [-0.25, -0.2) is 4.79 Å². The standard InChI is InChI=1S/C21H24N2O4/c1-25-13-16-19(15-11-12-26-20(15)16)23-21(24)22-17-9-5-6-10-18(17)27-14-7-3-2-4-8-14/h2-10,15-16,19-20H,11-13H2,1H3,(H2,22,23,24)/t15-,16-,19-,20-/m0/s1. The molecule has 0 aromatic heterocycles. The molecule has 2 aliphatic rings. The molecule has 6 nitrogen and oxygen atoms in total. The first-order chi connectivity index (χ1) is 13.3. The summed E-state index contributed by atoms with van der Waals surface area (Å²) in [4.78, 5) is 12.6. The number of rotatable bonds is 6. The van der Waals surface area contributed by atoms with Crippen LogP contribution in [-0.2, 0) is 9.47 Å². The zero-order valence-electron chi connectivity index (χ0n) is 15.3. The highest BCUT2D eigenvalue weighted by atomic mass is 16.5. The number of hydrogen-bond donors (Lipinski definition) is 2. The highest BCUT2D eigenvalue weighted by Gasteiger charge is 2.54. The zero-order valence-corrected chi connectivity index (χ0v) is 15.3. The highest BCUT2D eigenvalue weighted by Crippen LogP contribution is 2.43. The third-order valence-electron chi connectivity index (χ3n) is 5.29. The van der Waals surface area contributed by atoms with Gasteiger partial charge in [0.25, 0.3) is 0 Å². The SMILES string of the molecule is COC[C@H]1[C@@H](NC(=O)Nc2ccccc2Oc2ccccc2)[C@@H]2CCO[C@@H]21. The van der Waals surface area contributed by atoms with Crippen LogP contribution in [0, 0.1) is 11.8 Å². The molecule has 4 rings (SSSR count). The Labute approximate surface area is 158 Å². The fourth-order valence-corrected chi connectivity index (χ4v) is 4.02. The van der Waals surface area contributed by atoms with E-state index in [0.717, 1.165) is 18.8 Å². The van der Waals surface area contributed by atoms with Gasteiger partial charge in [-0.3, -0.25) is 0 Å². The molecule has 2 amide bonds. The van der Waals surface area contributed by atoms with E-state index in [1.165, 1.54) is 0 Å². The van der Waals surface area contributed by atoms with Crippen LogP contribution in [0.1, 0.15) is 6.42 Å². The van der Waals surface area contributed by atoms with Crippen molar-refractivity contribution in [3.63, 3.8) is 0 Å². The topological polar surface area (TPSA) is 68.8 Å². The van der Waals surface area contributed by atoms with E-state index in [1.54, 1.807) is 7.11 Å². The van der Waals surface area contributed by atoms with Crippen molar-refractivity contribution in [1.82, 2.24) is 5.32 Å². The average Bonchev–Trinajstić information content (AvgIpc) is 3.11. The van der Waals surface area contributed by atoms with Crippen molar-refractivity contribution in [1.29, 1.82) is 0 Å². The van der Waals surface area contributed by atoms with Gasteiger partial charge in [-0.2, -0.15) is 0 Å². The maximum Gasteiger partial charge on any atom is 0.319 e. The van der Waals surface area contributed by atoms with Gasteiger partial charge in [0.05, 0.1) is 18.4 Å². The average molecular weight is 368 g/mol. The summed E-state index contributed by atoms with van der Waals surface area (Å²) in [7, 11) is 1.68. The van der Waals surface area contributed by atoms with Crippen LogP contribution in [0.2, 0.25) is 0 Å². The lowest BCUT2D eigenvalue weighted by atomic mass is 9.67. The molecule has 1 heterocycles. The van der Waals surface area contributed by atoms with Gasteiger partial charge >= 0.3 is 6.03 Å². The molecule has 0 unspecified atom stereocenters. The van der Waals surface area contributed by atoms with Gasteiger partial charge < -0.3 is 24.8 Å². The van der Waals surface area contributed by atoms with Crippen molar-refractivity contribution in [2.24, 2.45) is 11.8 Å². The molecule has 2 aromatic carbocycles. The summed E-state index contributed by atoms with van der Waals surface area (Å²) in [5.41, 5.74) is 0.626. The molecule has 2 aromatic rings. The monoisotopic (exact) mass is 368 g/mol. The number of methoxy groups -OCH3 is 1. The van der Waals surface area contributed by atoms with E-state index >= 15 is 0 Å². The molecule has 1 aliphatic carbocycles. The van der Waals surface area contributed by atoms with Gasteiger partial charge in [0.2, 0.25) is 0 Å². The molecular weight excluding hydrogens is 344 g/mol. The smallest absolute Gasteiger partial charge is 0.319 e. The summed E-state index contributed by atoms with van der Waals surface area (Å²) >= 11 is 0. The minimum absolute atomic E-state index is 0.0691. The molecule has 1 saturated heterocycles. The molecule has 0 bridgehead atoms. The van der Waals surface area contributed by atoms with E-state index in [1.807, 2.05) is 54.6 Å². The van der Waals surface area contributed by atoms with Gasteiger partial charge in [-0.15, -0.1) is 0 Å². The summed E-state index contributed by atoms with van der Waals surface area (Å²) in [6, 6.07) is 16.7. The van der Waals surface area contributed by atoms with Crippen LogP contribution in [0.15, 0.2) is 54.6 Å². The Kier molecular flexibility index (Phi) is 5.27. The summed E-state index contributed by atoms with van der Waals surface area (Å²) < 4.78 is 17.0. The molecule has 0 radical (unpaired) electrons. The molecule has 2 N–H and O–H groups in total. The van der Waals surface area contributed by atoms with E-state index in [9.17, 15) is 4.79 Å². The van der Waals surface area contributed by atoms with Crippen LogP contribution >= 0.6 is 0 Å². The third-order valence-corrected chi connectivity index (χ3v) is 5.29. The number of ether oxygens (including phenoxy) is 3. The predicted molar refractivity (Wildman–Crippen MR) is 102 cm³/mol. The lowest BCUT2D eigenvalue weighted by Crippen LogP contribution is -2.63. The molecule has 142 valence electrons. The first-order valence-electron chi connectivity index (χ1n) is 9.26. The Bertz CT molecular complexity index is 783. The molecule has 1 saturated carbocycles. The summed E-state index contributed by atoms with van der Waals surface area (Å²) in [5.74, 6) is 1.89.